The Morgan fingerprint density at radius 2 is 2.09 bits per heavy atom. The van der Waals surface area contributed by atoms with E-state index in [1.54, 1.807) is 0 Å². The smallest absolute Gasteiger partial charge is 0.191 e. The molecule has 1 fully saturated rings. The lowest BCUT2D eigenvalue weighted by molar-refractivity contribution is 0.270. The Morgan fingerprint density at radius 1 is 1.41 bits per heavy atom. The van der Waals surface area contributed by atoms with Crippen molar-refractivity contribution < 1.29 is 0 Å². The molecule has 2 rings (SSSR count). The van der Waals surface area contributed by atoms with Gasteiger partial charge in [-0.1, -0.05) is 25.1 Å². The number of likely N-dealkylation sites (tertiary alicyclic amines) is 1. The van der Waals surface area contributed by atoms with E-state index < -0.39 is 0 Å². The Morgan fingerprint density at radius 3 is 2.73 bits per heavy atom. The number of hydrogen-bond donors (Lipinski definition) is 1. The minimum absolute atomic E-state index is 0. The highest BCUT2D eigenvalue weighted by molar-refractivity contribution is 14.0. The number of nitrogens with two attached hydrogens (primary N) is 1. The molecule has 2 atom stereocenters. The van der Waals surface area contributed by atoms with Crippen LogP contribution in [0, 0.1) is 5.92 Å². The zero-order chi connectivity index (χ0) is 15.2. The third kappa shape index (κ3) is 5.34. The van der Waals surface area contributed by atoms with Gasteiger partial charge >= 0.3 is 0 Å². The van der Waals surface area contributed by atoms with Gasteiger partial charge in [0.1, 0.15) is 0 Å². The molecular weight excluding hydrogens is 387 g/mol. The second-order valence-corrected chi connectivity index (χ2v) is 6.19. The van der Waals surface area contributed by atoms with Gasteiger partial charge in [0.05, 0.1) is 6.54 Å². The number of guanidine groups is 1. The summed E-state index contributed by atoms with van der Waals surface area (Å²) in [6, 6.07) is 10.7. The fourth-order valence-corrected chi connectivity index (χ4v) is 2.76. The number of para-hydroxylation sites is 1. The quantitative estimate of drug-likeness (QED) is 0.466. The van der Waals surface area contributed by atoms with E-state index in [9.17, 15) is 0 Å². The van der Waals surface area contributed by atoms with E-state index in [1.807, 2.05) is 6.07 Å². The average molecular weight is 416 g/mol. The highest BCUT2D eigenvalue weighted by Crippen LogP contribution is 2.16. The molecule has 4 nitrogen and oxygen atoms in total. The number of halogens is 1. The van der Waals surface area contributed by atoms with Crippen LogP contribution >= 0.6 is 24.0 Å². The summed E-state index contributed by atoms with van der Waals surface area (Å²) in [6.45, 7) is 7.27. The van der Waals surface area contributed by atoms with Crippen molar-refractivity contribution in [2.45, 2.75) is 32.7 Å². The first kappa shape index (κ1) is 19.1. The Hall–Kier alpha value is -0.980. The van der Waals surface area contributed by atoms with Crippen molar-refractivity contribution >= 4 is 35.6 Å². The molecule has 2 N–H and O–H groups in total. The molecule has 0 aromatic heterocycles. The zero-order valence-corrected chi connectivity index (χ0v) is 16.2. The molecule has 1 heterocycles. The van der Waals surface area contributed by atoms with Crippen molar-refractivity contribution in [1.29, 1.82) is 0 Å². The molecule has 0 saturated carbocycles. The molecule has 0 radical (unpaired) electrons. The van der Waals surface area contributed by atoms with E-state index in [0.717, 1.165) is 25.6 Å². The second kappa shape index (κ2) is 9.22. The van der Waals surface area contributed by atoms with Crippen LogP contribution in [0.4, 0.5) is 5.69 Å². The maximum absolute atomic E-state index is 6.16. The molecule has 1 saturated heterocycles. The van der Waals surface area contributed by atoms with Gasteiger partial charge in [-0.3, -0.25) is 4.99 Å². The van der Waals surface area contributed by atoms with Gasteiger partial charge in [-0.25, -0.2) is 0 Å². The van der Waals surface area contributed by atoms with E-state index >= 15 is 0 Å². The van der Waals surface area contributed by atoms with Crippen LogP contribution in [0.15, 0.2) is 35.3 Å². The Kier molecular flexibility index (Phi) is 8.00. The SMILES string of the molecule is CC1CCCN(C(N)=NCC(C)N(C)c2ccccc2)C1.I. The van der Waals surface area contributed by atoms with Crippen LogP contribution in [0.2, 0.25) is 0 Å². The lowest BCUT2D eigenvalue weighted by Crippen LogP contribution is -2.44. The summed E-state index contributed by atoms with van der Waals surface area (Å²) < 4.78 is 0. The van der Waals surface area contributed by atoms with Crippen molar-refractivity contribution in [2.75, 3.05) is 31.6 Å². The minimum Gasteiger partial charge on any atom is -0.370 e. The van der Waals surface area contributed by atoms with Gasteiger partial charge in [-0.05, 0) is 37.8 Å². The molecule has 124 valence electrons. The number of aliphatic imine (C=N–C) groups is 1. The second-order valence-electron chi connectivity index (χ2n) is 6.19. The minimum atomic E-state index is 0. The topological polar surface area (TPSA) is 44.9 Å². The molecule has 1 aromatic rings. The summed E-state index contributed by atoms with van der Waals surface area (Å²) >= 11 is 0. The van der Waals surface area contributed by atoms with Crippen LogP contribution in [0.3, 0.4) is 0 Å². The number of piperidine rings is 1. The first-order valence-electron chi connectivity index (χ1n) is 7.90. The van der Waals surface area contributed by atoms with Crippen LogP contribution in [0.1, 0.15) is 26.7 Å². The fraction of sp³-hybridized carbons (Fsp3) is 0.588. The number of anilines is 1. The van der Waals surface area contributed by atoms with Gasteiger partial charge in [-0.15, -0.1) is 24.0 Å². The molecule has 0 spiro atoms. The Balaban J connectivity index is 0.00000242. The highest BCUT2D eigenvalue weighted by atomic mass is 127. The molecule has 1 aliphatic rings. The van der Waals surface area contributed by atoms with Crippen LogP contribution < -0.4 is 10.6 Å². The molecule has 2 unspecified atom stereocenters. The fourth-order valence-electron chi connectivity index (χ4n) is 2.76. The maximum Gasteiger partial charge on any atom is 0.191 e. The van der Waals surface area contributed by atoms with Crippen molar-refractivity contribution in [3.05, 3.63) is 30.3 Å². The maximum atomic E-state index is 6.16. The molecule has 5 heteroatoms. The van der Waals surface area contributed by atoms with Gasteiger partial charge in [0.25, 0.3) is 0 Å². The lowest BCUT2D eigenvalue weighted by Gasteiger charge is -2.32. The van der Waals surface area contributed by atoms with Gasteiger partial charge in [0, 0.05) is 31.9 Å². The number of nitrogens with zero attached hydrogens (tertiary/aromatic N) is 3. The van der Waals surface area contributed by atoms with E-state index in [-0.39, 0.29) is 24.0 Å². The monoisotopic (exact) mass is 416 g/mol. The summed E-state index contributed by atoms with van der Waals surface area (Å²) in [5.41, 5.74) is 7.37. The summed E-state index contributed by atoms with van der Waals surface area (Å²) in [4.78, 5) is 9.08. The predicted molar refractivity (Wildman–Crippen MR) is 106 cm³/mol. The third-order valence-corrected chi connectivity index (χ3v) is 4.32. The summed E-state index contributed by atoms with van der Waals surface area (Å²) in [5, 5.41) is 0. The largest absolute Gasteiger partial charge is 0.370 e. The normalized spacial score (nSPS) is 20.2. The first-order chi connectivity index (χ1) is 10.1. The molecule has 1 aromatic carbocycles. The van der Waals surface area contributed by atoms with E-state index in [2.05, 4.69) is 60.0 Å². The molecule has 0 amide bonds. The van der Waals surface area contributed by atoms with E-state index in [1.165, 1.54) is 18.5 Å². The van der Waals surface area contributed by atoms with Crippen molar-refractivity contribution in [3.8, 4) is 0 Å². The first-order valence-corrected chi connectivity index (χ1v) is 7.90. The standard InChI is InChI=1S/C17H28N4.HI/c1-14-8-7-11-21(13-14)17(18)19-12-15(2)20(3)16-9-5-4-6-10-16;/h4-6,9-10,14-15H,7-8,11-13H2,1-3H3,(H2,18,19);1H. The van der Waals surface area contributed by atoms with Crippen molar-refractivity contribution in [3.63, 3.8) is 0 Å². The van der Waals surface area contributed by atoms with Crippen LogP contribution in [-0.2, 0) is 0 Å². The lowest BCUT2D eigenvalue weighted by atomic mass is 10.0. The van der Waals surface area contributed by atoms with Crippen molar-refractivity contribution in [1.82, 2.24) is 4.90 Å². The molecule has 1 aliphatic heterocycles. The third-order valence-electron chi connectivity index (χ3n) is 4.32. The highest BCUT2D eigenvalue weighted by Gasteiger charge is 2.18. The molecule has 22 heavy (non-hydrogen) atoms. The number of hydrogen-bond acceptors (Lipinski definition) is 2. The Bertz CT molecular complexity index is 463. The van der Waals surface area contributed by atoms with Crippen LogP contribution in [0.5, 0.6) is 0 Å². The van der Waals surface area contributed by atoms with Gasteiger partial charge in [0.15, 0.2) is 5.96 Å². The van der Waals surface area contributed by atoms with Gasteiger partial charge in [-0.2, -0.15) is 0 Å². The number of likely N-dealkylation sites (N-methyl/N-ethyl adjacent to an activating group) is 1. The zero-order valence-electron chi connectivity index (χ0n) is 13.9. The molecule has 0 aliphatic carbocycles. The van der Waals surface area contributed by atoms with Crippen LogP contribution in [0.25, 0.3) is 0 Å². The van der Waals surface area contributed by atoms with Gasteiger partial charge < -0.3 is 15.5 Å². The number of rotatable bonds is 4. The summed E-state index contributed by atoms with van der Waals surface area (Å²) in [7, 11) is 2.11. The molecule has 0 bridgehead atoms. The average Bonchev–Trinajstić information content (AvgIpc) is 2.52. The van der Waals surface area contributed by atoms with Crippen molar-refractivity contribution in [2.24, 2.45) is 16.6 Å². The Labute approximate surface area is 151 Å². The van der Waals surface area contributed by atoms with Crippen LogP contribution in [-0.4, -0.2) is 43.6 Å². The predicted octanol–water partition coefficient (Wildman–Crippen LogP) is 3.18. The van der Waals surface area contributed by atoms with E-state index in [4.69, 9.17) is 5.73 Å². The summed E-state index contributed by atoms with van der Waals surface area (Å²) in [6.07, 6.45) is 2.52. The van der Waals surface area contributed by atoms with E-state index in [0.29, 0.717) is 12.0 Å². The molecular formula is C17H29IN4. The summed E-state index contributed by atoms with van der Waals surface area (Å²) in [5.74, 6) is 1.42. The van der Waals surface area contributed by atoms with Gasteiger partial charge in [0.2, 0.25) is 0 Å². The number of benzene rings is 1.